The third-order valence-corrected chi connectivity index (χ3v) is 4.93. The molecular formula is C20H16N2O6S. The van der Waals surface area contributed by atoms with E-state index in [4.69, 9.17) is 0 Å². The second-order valence-electron chi connectivity index (χ2n) is 6.26. The van der Waals surface area contributed by atoms with E-state index in [0.717, 1.165) is 17.8 Å². The minimum Gasteiger partial charge on any atom is -0.504 e. The molecule has 0 radical (unpaired) electrons. The van der Waals surface area contributed by atoms with Crippen LogP contribution in [0.2, 0.25) is 0 Å². The minimum atomic E-state index is -0.460. The number of imide groups is 1. The number of ketones is 1. The van der Waals surface area contributed by atoms with Gasteiger partial charge in [-0.3, -0.25) is 24.5 Å². The third kappa shape index (κ3) is 4.64. The molecule has 0 aromatic heterocycles. The van der Waals surface area contributed by atoms with E-state index in [1.807, 2.05) is 0 Å². The van der Waals surface area contributed by atoms with E-state index >= 15 is 0 Å². The first-order valence-electron chi connectivity index (χ1n) is 8.40. The van der Waals surface area contributed by atoms with E-state index in [1.54, 1.807) is 30.3 Å². The lowest BCUT2D eigenvalue weighted by molar-refractivity contribution is -0.115. The fourth-order valence-corrected chi connectivity index (χ4v) is 3.27. The van der Waals surface area contributed by atoms with E-state index in [0.29, 0.717) is 11.1 Å². The molecule has 0 bridgehead atoms. The van der Waals surface area contributed by atoms with Crippen molar-refractivity contribution in [1.29, 1.82) is 0 Å². The molecule has 1 aliphatic heterocycles. The molecule has 8 nitrogen and oxygen atoms in total. The highest BCUT2D eigenvalue weighted by molar-refractivity contribution is 8.18. The Labute approximate surface area is 169 Å². The van der Waals surface area contributed by atoms with Gasteiger partial charge in [0.25, 0.3) is 17.1 Å². The molecule has 1 fully saturated rings. The number of benzene rings is 2. The average molecular weight is 412 g/mol. The van der Waals surface area contributed by atoms with Crippen LogP contribution in [-0.4, -0.2) is 51.5 Å². The second kappa shape index (κ2) is 8.19. The van der Waals surface area contributed by atoms with Crippen molar-refractivity contribution in [2.75, 3.05) is 13.6 Å². The summed E-state index contributed by atoms with van der Waals surface area (Å²) in [5, 5.41) is 20.5. The van der Waals surface area contributed by atoms with E-state index in [2.05, 4.69) is 5.32 Å². The van der Waals surface area contributed by atoms with Crippen molar-refractivity contribution < 1.29 is 29.4 Å². The fraction of sp³-hybridized carbons (Fsp3) is 0.100. The molecule has 3 amide bonds. The molecule has 1 saturated heterocycles. The van der Waals surface area contributed by atoms with Gasteiger partial charge in [-0.25, -0.2) is 0 Å². The number of likely N-dealkylation sites (N-methyl/N-ethyl adjacent to an activating group) is 1. The van der Waals surface area contributed by atoms with Crippen molar-refractivity contribution in [3.05, 3.63) is 64.1 Å². The Morgan fingerprint density at radius 1 is 1.03 bits per heavy atom. The number of amides is 3. The number of aromatic hydroxyl groups is 2. The standard InChI is InChI=1S/C20H16N2O6S/c1-22(10-16(25)13-6-7-14(23)15(24)9-13)19(27)12-4-2-11(3-5-12)8-17-18(26)21-20(28)29-17/h2-9,23-24H,10H2,1H3,(H,21,26,28). The zero-order chi connectivity index (χ0) is 21.1. The summed E-state index contributed by atoms with van der Waals surface area (Å²) in [5.41, 5.74) is 1.16. The first-order valence-corrected chi connectivity index (χ1v) is 9.22. The molecule has 29 heavy (non-hydrogen) atoms. The quantitative estimate of drug-likeness (QED) is 0.391. The van der Waals surface area contributed by atoms with Crippen LogP contribution in [0.25, 0.3) is 6.08 Å². The topological polar surface area (TPSA) is 124 Å². The monoisotopic (exact) mass is 412 g/mol. The summed E-state index contributed by atoms with van der Waals surface area (Å²) in [4.78, 5) is 49.1. The first kappa shape index (κ1) is 20.2. The van der Waals surface area contributed by atoms with Gasteiger partial charge in [-0.1, -0.05) is 12.1 Å². The predicted octanol–water partition coefficient (Wildman–Crippen LogP) is 2.38. The molecule has 3 rings (SSSR count). The third-order valence-electron chi connectivity index (χ3n) is 4.12. The van der Waals surface area contributed by atoms with Crippen LogP contribution in [0.5, 0.6) is 11.5 Å². The number of carbonyl (C=O) groups excluding carboxylic acids is 4. The van der Waals surface area contributed by atoms with Gasteiger partial charge in [0.1, 0.15) is 0 Å². The number of phenolic OH excluding ortho intramolecular Hbond substituents is 2. The number of hydrogen-bond donors (Lipinski definition) is 3. The molecule has 2 aromatic rings. The Bertz CT molecular complexity index is 1050. The van der Waals surface area contributed by atoms with Crippen LogP contribution in [0.1, 0.15) is 26.3 Å². The number of phenols is 2. The van der Waals surface area contributed by atoms with Crippen molar-refractivity contribution in [2.24, 2.45) is 0 Å². The SMILES string of the molecule is CN(CC(=O)c1ccc(O)c(O)c1)C(=O)c1ccc(C=C2SC(=O)NC2=O)cc1. The summed E-state index contributed by atoms with van der Waals surface area (Å²) in [6.07, 6.45) is 1.55. The Kier molecular flexibility index (Phi) is 5.69. The lowest BCUT2D eigenvalue weighted by atomic mass is 10.1. The van der Waals surface area contributed by atoms with Gasteiger partial charge in [0.05, 0.1) is 11.4 Å². The van der Waals surface area contributed by atoms with Crippen LogP contribution in [-0.2, 0) is 4.79 Å². The fourth-order valence-electron chi connectivity index (χ4n) is 2.59. The molecule has 0 unspecified atom stereocenters. The molecular weight excluding hydrogens is 396 g/mol. The summed E-state index contributed by atoms with van der Waals surface area (Å²) < 4.78 is 0. The van der Waals surface area contributed by atoms with Gasteiger partial charge in [-0.2, -0.15) is 0 Å². The number of Topliss-reactive ketones (excluding diaryl/α,β-unsaturated/α-hetero) is 1. The number of carbonyl (C=O) groups is 4. The average Bonchev–Trinajstić information content (AvgIpc) is 3.00. The van der Waals surface area contributed by atoms with E-state index in [-0.39, 0.29) is 28.7 Å². The Balaban J connectivity index is 1.67. The Hall–Kier alpha value is -3.59. The van der Waals surface area contributed by atoms with Gasteiger partial charge in [0.2, 0.25) is 0 Å². The summed E-state index contributed by atoms with van der Waals surface area (Å²) >= 11 is 0.806. The molecule has 1 heterocycles. The van der Waals surface area contributed by atoms with Crippen LogP contribution < -0.4 is 5.32 Å². The summed E-state index contributed by atoms with van der Waals surface area (Å²) in [6.45, 7) is -0.215. The van der Waals surface area contributed by atoms with Gasteiger partial charge in [0, 0.05) is 18.2 Å². The maximum atomic E-state index is 12.5. The molecule has 0 aliphatic carbocycles. The largest absolute Gasteiger partial charge is 0.504 e. The molecule has 148 valence electrons. The summed E-state index contributed by atoms with van der Waals surface area (Å²) in [7, 11) is 1.47. The predicted molar refractivity (Wildman–Crippen MR) is 107 cm³/mol. The lowest BCUT2D eigenvalue weighted by Gasteiger charge is -2.16. The molecule has 9 heteroatoms. The van der Waals surface area contributed by atoms with Crippen molar-refractivity contribution in [3.8, 4) is 11.5 Å². The van der Waals surface area contributed by atoms with Gasteiger partial charge >= 0.3 is 0 Å². The van der Waals surface area contributed by atoms with Gasteiger partial charge in [-0.05, 0) is 53.7 Å². The normalized spacial score (nSPS) is 14.7. The van der Waals surface area contributed by atoms with Crippen LogP contribution in [0.15, 0.2) is 47.4 Å². The summed E-state index contributed by atoms with van der Waals surface area (Å²) in [5.74, 6) is -1.99. The lowest BCUT2D eigenvalue weighted by Crippen LogP contribution is -2.32. The highest BCUT2D eigenvalue weighted by Gasteiger charge is 2.25. The van der Waals surface area contributed by atoms with Gasteiger partial charge in [0.15, 0.2) is 17.3 Å². The molecule has 0 spiro atoms. The first-order chi connectivity index (χ1) is 13.7. The number of thioether (sulfide) groups is 1. The molecule has 3 N–H and O–H groups in total. The summed E-state index contributed by atoms with van der Waals surface area (Å²) in [6, 6.07) is 10.1. The van der Waals surface area contributed by atoms with E-state index in [9.17, 15) is 29.4 Å². The Morgan fingerprint density at radius 3 is 2.28 bits per heavy atom. The number of rotatable bonds is 5. The number of hydrogen-bond acceptors (Lipinski definition) is 7. The van der Waals surface area contributed by atoms with Crippen LogP contribution in [0, 0.1) is 0 Å². The van der Waals surface area contributed by atoms with Crippen LogP contribution >= 0.6 is 11.8 Å². The second-order valence-corrected chi connectivity index (χ2v) is 7.28. The van der Waals surface area contributed by atoms with E-state index in [1.165, 1.54) is 24.1 Å². The maximum Gasteiger partial charge on any atom is 0.290 e. The number of nitrogens with zero attached hydrogens (tertiary/aromatic N) is 1. The maximum absolute atomic E-state index is 12.5. The zero-order valence-electron chi connectivity index (χ0n) is 15.2. The van der Waals surface area contributed by atoms with Gasteiger partial charge < -0.3 is 15.1 Å². The van der Waals surface area contributed by atoms with Crippen LogP contribution in [0.4, 0.5) is 4.79 Å². The molecule has 0 saturated carbocycles. The zero-order valence-corrected chi connectivity index (χ0v) is 16.0. The van der Waals surface area contributed by atoms with E-state index < -0.39 is 22.7 Å². The van der Waals surface area contributed by atoms with Gasteiger partial charge in [-0.15, -0.1) is 0 Å². The molecule has 2 aromatic carbocycles. The molecule has 0 atom stereocenters. The number of nitrogens with one attached hydrogen (secondary N) is 1. The highest BCUT2D eigenvalue weighted by Crippen LogP contribution is 2.26. The van der Waals surface area contributed by atoms with Crippen molar-refractivity contribution in [3.63, 3.8) is 0 Å². The van der Waals surface area contributed by atoms with Crippen LogP contribution in [0.3, 0.4) is 0 Å². The smallest absolute Gasteiger partial charge is 0.290 e. The van der Waals surface area contributed by atoms with Crippen molar-refractivity contribution in [1.82, 2.24) is 10.2 Å². The Morgan fingerprint density at radius 2 is 1.69 bits per heavy atom. The molecule has 1 aliphatic rings. The minimum absolute atomic E-state index is 0.170. The van der Waals surface area contributed by atoms with Crippen molar-refractivity contribution in [2.45, 2.75) is 0 Å². The highest BCUT2D eigenvalue weighted by atomic mass is 32.2. The van der Waals surface area contributed by atoms with Crippen molar-refractivity contribution >= 4 is 40.7 Å².